The Bertz CT molecular complexity index is 750. The van der Waals surface area contributed by atoms with Crippen LogP contribution >= 0.6 is 24.0 Å². The number of hydrogen-bond donors (Lipinski definition) is 3. The molecule has 0 aromatic heterocycles. The first-order chi connectivity index (χ1) is 15.5. The zero-order chi connectivity index (χ0) is 22.8. The number of carbonyl (C=O) groups is 1. The van der Waals surface area contributed by atoms with Crippen LogP contribution in [-0.4, -0.2) is 68.0 Å². The lowest BCUT2D eigenvalue weighted by molar-refractivity contribution is -0.123. The Morgan fingerprint density at radius 2 is 1.88 bits per heavy atom. The van der Waals surface area contributed by atoms with Crippen molar-refractivity contribution in [1.82, 2.24) is 20.4 Å². The van der Waals surface area contributed by atoms with E-state index < -0.39 is 0 Å². The van der Waals surface area contributed by atoms with E-state index in [0.29, 0.717) is 0 Å². The lowest BCUT2D eigenvalue weighted by Gasteiger charge is -2.31. The van der Waals surface area contributed by atoms with Crippen molar-refractivity contribution in [3.05, 3.63) is 35.4 Å². The highest BCUT2D eigenvalue weighted by Gasteiger charge is 2.23. The Kier molecular flexibility index (Phi) is 12.5. The van der Waals surface area contributed by atoms with Gasteiger partial charge in [-0.05, 0) is 75.3 Å². The summed E-state index contributed by atoms with van der Waals surface area (Å²) < 4.78 is 0. The summed E-state index contributed by atoms with van der Waals surface area (Å²) in [5.41, 5.74) is 8.03. The lowest BCUT2D eigenvalue weighted by atomic mass is 9.97. The zero-order valence-electron chi connectivity index (χ0n) is 20.4. The van der Waals surface area contributed by atoms with Crippen molar-refractivity contribution in [3.8, 4) is 0 Å². The van der Waals surface area contributed by atoms with Crippen LogP contribution in [-0.2, 0) is 17.9 Å². The minimum Gasteiger partial charge on any atom is -0.369 e. The maximum Gasteiger partial charge on any atom is 0.221 e. The number of guanidine groups is 1. The van der Waals surface area contributed by atoms with E-state index in [4.69, 9.17) is 5.73 Å². The molecule has 33 heavy (non-hydrogen) atoms. The number of halogens is 1. The van der Waals surface area contributed by atoms with Gasteiger partial charge in [0.05, 0.1) is 5.92 Å². The minimum atomic E-state index is -0.169. The molecule has 0 bridgehead atoms. The molecule has 4 N–H and O–H groups in total. The fraction of sp³-hybridized carbons (Fsp3) is 0.680. The Balaban J connectivity index is 0.00000385. The predicted octanol–water partition coefficient (Wildman–Crippen LogP) is 2.79. The molecule has 1 aromatic rings. The molecule has 1 aromatic carbocycles. The topological polar surface area (TPSA) is 86.0 Å². The largest absolute Gasteiger partial charge is 0.369 e. The summed E-state index contributed by atoms with van der Waals surface area (Å²) in [6.07, 6.45) is 5.75. The van der Waals surface area contributed by atoms with Gasteiger partial charge in [0.2, 0.25) is 5.91 Å². The first-order valence-corrected chi connectivity index (χ1v) is 12.3. The van der Waals surface area contributed by atoms with E-state index in [2.05, 4.69) is 56.6 Å². The molecule has 0 aliphatic carbocycles. The standard InChI is InChI=1S/C25H42N6O.HI/c1-20-9-14-30(15-10-20)13-5-11-28-25(27-2)29-17-21-6-3-7-22(16-21)18-31-12-4-8-23(19-31)24(26)32;/h3,6-7,16,20,23H,4-5,8-15,17-19H2,1-2H3,(H2,26,32)(H2,27,28,29);1H. The van der Waals surface area contributed by atoms with Gasteiger partial charge >= 0.3 is 0 Å². The second-order valence-electron chi connectivity index (χ2n) is 9.53. The van der Waals surface area contributed by atoms with Crippen LogP contribution in [0.4, 0.5) is 0 Å². The summed E-state index contributed by atoms with van der Waals surface area (Å²) in [5.74, 6) is 1.55. The van der Waals surface area contributed by atoms with E-state index in [9.17, 15) is 4.79 Å². The summed E-state index contributed by atoms with van der Waals surface area (Å²) in [6, 6.07) is 8.65. The number of hydrogen-bond acceptors (Lipinski definition) is 4. The van der Waals surface area contributed by atoms with Crippen molar-refractivity contribution in [1.29, 1.82) is 0 Å². The van der Waals surface area contributed by atoms with E-state index in [1.54, 1.807) is 0 Å². The van der Waals surface area contributed by atoms with Gasteiger partial charge in [0.15, 0.2) is 5.96 Å². The van der Waals surface area contributed by atoms with Crippen molar-refractivity contribution < 1.29 is 4.79 Å². The molecule has 0 spiro atoms. The number of primary amides is 1. The van der Waals surface area contributed by atoms with Gasteiger partial charge in [-0.2, -0.15) is 0 Å². The van der Waals surface area contributed by atoms with E-state index in [-0.39, 0.29) is 35.8 Å². The second kappa shape index (κ2) is 14.8. The summed E-state index contributed by atoms with van der Waals surface area (Å²) in [6.45, 7) is 10.3. The molecular weight excluding hydrogens is 527 g/mol. The number of aliphatic imine (C=N–C) groups is 1. The number of carbonyl (C=O) groups excluding carboxylic acids is 1. The van der Waals surface area contributed by atoms with Crippen LogP contribution in [0.2, 0.25) is 0 Å². The van der Waals surface area contributed by atoms with Crippen molar-refractivity contribution in [3.63, 3.8) is 0 Å². The van der Waals surface area contributed by atoms with Crippen molar-refractivity contribution in [2.45, 2.75) is 52.1 Å². The number of rotatable bonds is 9. The third-order valence-electron chi connectivity index (χ3n) is 6.81. The molecule has 2 aliphatic heterocycles. The van der Waals surface area contributed by atoms with E-state index in [1.165, 1.54) is 37.1 Å². The molecule has 8 heteroatoms. The number of nitrogens with one attached hydrogen (secondary N) is 2. The quantitative estimate of drug-likeness (QED) is 0.184. The number of amides is 1. The number of nitrogens with zero attached hydrogens (tertiary/aromatic N) is 3. The fourth-order valence-corrected chi connectivity index (χ4v) is 4.73. The van der Waals surface area contributed by atoms with E-state index in [0.717, 1.165) is 70.4 Å². The van der Waals surface area contributed by atoms with Gasteiger partial charge in [-0.1, -0.05) is 31.2 Å². The summed E-state index contributed by atoms with van der Waals surface area (Å²) in [4.78, 5) is 20.8. The highest BCUT2D eigenvalue weighted by atomic mass is 127. The van der Waals surface area contributed by atoms with Gasteiger partial charge in [-0.25, -0.2) is 0 Å². The molecule has 3 rings (SSSR count). The molecule has 2 saturated heterocycles. The molecule has 1 unspecified atom stereocenters. The fourth-order valence-electron chi connectivity index (χ4n) is 4.73. The van der Waals surface area contributed by atoms with Gasteiger partial charge in [0.1, 0.15) is 0 Å². The maximum atomic E-state index is 11.5. The van der Waals surface area contributed by atoms with E-state index in [1.807, 2.05) is 7.05 Å². The SMILES string of the molecule is CN=C(NCCCN1CCC(C)CC1)NCc1cccc(CN2CCCC(C(N)=O)C2)c1.I. The van der Waals surface area contributed by atoms with Crippen LogP contribution in [0.5, 0.6) is 0 Å². The van der Waals surface area contributed by atoms with Crippen molar-refractivity contribution in [2.75, 3.05) is 46.3 Å². The smallest absolute Gasteiger partial charge is 0.221 e. The van der Waals surface area contributed by atoms with Crippen LogP contribution in [0, 0.1) is 11.8 Å². The third-order valence-corrected chi connectivity index (χ3v) is 6.81. The Morgan fingerprint density at radius 3 is 2.61 bits per heavy atom. The molecule has 0 radical (unpaired) electrons. The molecule has 0 saturated carbocycles. The highest BCUT2D eigenvalue weighted by Crippen LogP contribution is 2.19. The normalized spacial score (nSPS) is 20.8. The number of benzene rings is 1. The molecule has 2 fully saturated rings. The Hall–Kier alpha value is -1.39. The van der Waals surface area contributed by atoms with Crippen molar-refractivity contribution in [2.24, 2.45) is 22.6 Å². The monoisotopic (exact) mass is 570 g/mol. The summed E-state index contributed by atoms with van der Waals surface area (Å²) >= 11 is 0. The van der Waals surface area contributed by atoms with Crippen LogP contribution in [0.25, 0.3) is 0 Å². The zero-order valence-corrected chi connectivity index (χ0v) is 22.7. The maximum absolute atomic E-state index is 11.5. The molecule has 1 atom stereocenters. The Morgan fingerprint density at radius 1 is 1.12 bits per heavy atom. The molecule has 2 aliphatic rings. The number of piperidine rings is 2. The molecule has 1 amide bonds. The molecular formula is C25H43IN6O. The summed E-state index contributed by atoms with van der Waals surface area (Å²) in [7, 11) is 1.82. The highest BCUT2D eigenvalue weighted by molar-refractivity contribution is 14.0. The average Bonchev–Trinajstić information content (AvgIpc) is 2.80. The lowest BCUT2D eigenvalue weighted by Crippen LogP contribution is -2.40. The van der Waals surface area contributed by atoms with Crippen LogP contribution in [0.1, 0.15) is 50.2 Å². The van der Waals surface area contributed by atoms with Gasteiger partial charge in [-0.15, -0.1) is 24.0 Å². The second-order valence-corrected chi connectivity index (χ2v) is 9.53. The van der Waals surface area contributed by atoms with Gasteiger partial charge < -0.3 is 21.3 Å². The average molecular weight is 571 g/mol. The van der Waals surface area contributed by atoms with E-state index >= 15 is 0 Å². The summed E-state index contributed by atoms with van der Waals surface area (Å²) in [5, 5.41) is 6.88. The van der Waals surface area contributed by atoms with Crippen molar-refractivity contribution >= 4 is 35.8 Å². The number of likely N-dealkylation sites (tertiary alicyclic amines) is 2. The van der Waals surface area contributed by atoms with Gasteiger partial charge in [0, 0.05) is 33.2 Å². The Labute approximate surface area is 217 Å². The van der Waals surface area contributed by atoms with Crippen LogP contribution in [0.15, 0.2) is 29.3 Å². The third kappa shape index (κ3) is 9.78. The van der Waals surface area contributed by atoms with Gasteiger partial charge in [0.25, 0.3) is 0 Å². The predicted molar refractivity (Wildman–Crippen MR) is 147 cm³/mol. The van der Waals surface area contributed by atoms with Crippen LogP contribution in [0.3, 0.4) is 0 Å². The van der Waals surface area contributed by atoms with Gasteiger partial charge in [-0.3, -0.25) is 14.7 Å². The first kappa shape index (κ1) is 27.9. The minimum absolute atomic E-state index is 0. The number of nitrogens with two attached hydrogens (primary N) is 1. The first-order valence-electron chi connectivity index (χ1n) is 12.3. The molecule has 186 valence electrons. The van der Waals surface area contributed by atoms with Crippen LogP contribution < -0.4 is 16.4 Å². The molecule has 7 nitrogen and oxygen atoms in total. The molecule has 2 heterocycles.